The first-order chi connectivity index (χ1) is 7.45. The van der Waals surface area contributed by atoms with Crippen LogP contribution in [0.4, 0.5) is 0 Å². The average Bonchev–Trinajstić information content (AvgIpc) is 2.63. The highest BCUT2D eigenvalue weighted by atomic mass is 16.5. The van der Waals surface area contributed by atoms with Crippen LogP contribution in [0.5, 0.6) is 0 Å². The smallest absolute Gasteiger partial charge is 0.0593 e. The highest BCUT2D eigenvalue weighted by Gasteiger charge is 2.16. The summed E-state index contributed by atoms with van der Waals surface area (Å²) >= 11 is 0. The topological polar surface area (TPSA) is 24.5 Å². The van der Waals surface area contributed by atoms with Crippen molar-refractivity contribution >= 4 is 0 Å². The van der Waals surface area contributed by atoms with Gasteiger partial charge in [0.2, 0.25) is 0 Å². The lowest BCUT2D eigenvalue weighted by atomic mass is 10.1. The third kappa shape index (κ3) is 4.09. The minimum Gasteiger partial charge on any atom is -0.380 e. The van der Waals surface area contributed by atoms with E-state index in [1.54, 1.807) is 0 Å². The van der Waals surface area contributed by atoms with Crippen molar-refractivity contribution in [2.75, 3.05) is 39.4 Å². The Hall–Kier alpha value is -0.120. The molecule has 3 heteroatoms. The van der Waals surface area contributed by atoms with E-state index >= 15 is 0 Å². The Morgan fingerprint density at radius 3 is 3.07 bits per heavy atom. The molecule has 0 aromatic carbocycles. The minimum atomic E-state index is 0.727. The molecule has 0 amide bonds. The fourth-order valence-corrected chi connectivity index (χ4v) is 2.55. The van der Waals surface area contributed by atoms with Gasteiger partial charge in [0.25, 0.3) is 0 Å². The van der Waals surface area contributed by atoms with Crippen LogP contribution < -0.4 is 5.32 Å². The van der Waals surface area contributed by atoms with Gasteiger partial charge in [-0.05, 0) is 25.8 Å². The Balaban J connectivity index is 1.73. The van der Waals surface area contributed by atoms with Crippen LogP contribution in [0.15, 0.2) is 0 Å². The molecule has 15 heavy (non-hydrogen) atoms. The van der Waals surface area contributed by atoms with E-state index in [1.165, 1.54) is 51.7 Å². The Morgan fingerprint density at radius 2 is 2.07 bits per heavy atom. The highest BCUT2D eigenvalue weighted by Crippen LogP contribution is 2.10. The molecule has 0 saturated carbocycles. The summed E-state index contributed by atoms with van der Waals surface area (Å²) < 4.78 is 5.48. The second-order valence-electron chi connectivity index (χ2n) is 4.77. The van der Waals surface area contributed by atoms with E-state index in [-0.39, 0.29) is 0 Å². The number of hydrogen-bond acceptors (Lipinski definition) is 3. The molecule has 0 aromatic heterocycles. The molecule has 0 bridgehead atoms. The zero-order valence-corrected chi connectivity index (χ0v) is 9.71. The van der Waals surface area contributed by atoms with Crippen molar-refractivity contribution in [2.24, 2.45) is 0 Å². The monoisotopic (exact) mass is 212 g/mol. The number of rotatable bonds is 2. The summed E-state index contributed by atoms with van der Waals surface area (Å²) in [6.45, 7) is 6.66. The minimum absolute atomic E-state index is 0.727. The lowest BCUT2D eigenvalue weighted by Gasteiger charge is -2.25. The van der Waals surface area contributed by atoms with E-state index in [9.17, 15) is 0 Å². The standard InChI is InChI=1S/C12H24N2O/c1-2-5-12(13-6-3-1)11-14-7-4-9-15-10-8-14/h12-13H,1-11H2. The SMILES string of the molecule is C1CCNC(CN2CCCOCC2)CC1. The first-order valence-electron chi connectivity index (χ1n) is 6.48. The van der Waals surface area contributed by atoms with Gasteiger partial charge in [-0.1, -0.05) is 12.8 Å². The Morgan fingerprint density at radius 1 is 1.07 bits per heavy atom. The maximum atomic E-state index is 5.48. The summed E-state index contributed by atoms with van der Waals surface area (Å²) in [5.41, 5.74) is 0. The van der Waals surface area contributed by atoms with E-state index in [1.807, 2.05) is 0 Å². The van der Waals surface area contributed by atoms with Crippen LogP contribution in [-0.4, -0.2) is 50.3 Å². The molecule has 88 valence electrons. The summed E-state index contributed by atoms with van der Waals surface area (Å²) in [5, 5.41) is 3.67. The van der Waals surface area contributed by atoms with Crippen LogP contribution in [0.25, 0.3) is 0 Å². The molecule has 2 rings (SSSR count). The number of nitrogens with zero attached hydrogens (tertiary/aromatic N) is 1. The first-order valence-corrected chi connectivity index (χ1v) is 6.48. The molecule has 2 aliphatic heterocycles. The molecule has 2 fully saturated rings. The molecule has 3 nitrogen and oxygen atoms in total. The Labute approximate surface area is 93.2 Å². The van der Waals surface area contributed by atoms with Gasteiger partial charge in [0.15, 0.2) is 0 Å². The van der Waals surface area contributed by atoms with Crippen molar-refractivity contribution in [3.05, 3.63) is 0 Å². The quantitative estimate of drug-likeness (QED) is 0.745. The van der Waals surface area contributed by atoms with Crippen molar-refractivity contribution < 1.29 is 4.74 Å². The molecule has 1 atom stereocenters. The van der Waals surface area contributed by atoms with Crippen LogP contribution in [0, 0.1) is 0 Å². The summed E-state index contributed by atoms with van der Waals surface area (Å²) in [5.74, 6) is 0. The van der Waals surface area contributed by atoms with E-state index in [2.05, 4.69) is 10.2 Å². The van der Waals surface area contributed by atoms with E-state index in [0.717, 1.165) is 25.8 Å². The molecule has 0 aliphatic carbocycles. The van der Waals surface area contributed by atoms with Gasteiger partial charge in [-0.15, -0.1) is 0 Å². The molecule has 1 N–H and O–H groups in total. The molecule has 2 saturated heterocycles. The molecular weight excluding hydrogens is 188 g/mol. The maximum Gasteiger partial charge on any atom is 0.0593 e. The maximum absolute atomic E-state index is 5.48. The van der Waals surface area contributed by atoms with Gasteiger partial charge < -0.3 is 10.1 Å². The fraction of sp³-hybridized carbons (Fsp3) is 1.00. The number of hydrogen-bond donors (Lipinski definition) is 1. The van der Waals surface area contributed by atoms with Crippen molar-refractivity contribution in [2.45, 2.75) is 38.1 Å². The second kappa shape index (κ2) is 6.46. The number of nitrogens with one attached hydrogen (secondary N) is 1. The molecular formula is C12H24N2O. The normalized spacial score (nSPS) is 30.8. The lowest BCUT2D eigenvalue weighted by molar-refractivity contribution is 0.139. The van der Waals surface area contributed by atoms with Crippen molar-refractivity contribution in [3.63, 3.8) is 0 Å². The fourth-order valence-electron chi connectivity index (χ4n) is 2.55. The van der Waals surface area contributed by atoms with Gasteiger partial charge in [-0.2, -0.15) is 0 Å². The van der Waals surface area contributed by atoms with Gasteiger partial charge in [0.05, 0.1) is 6.61 Å². The van der Waals surface area contributed by atoms with Crippen LogP contribution in [0.3, 0.4) is 0 Å². The average molecular weight is 212 g/mol. The molecule has 0 radical (unpaired) electrons. The Bertz CT molecular complexity index is 141. The van der Waals surface area contributed by atoms with E-state index in [0.29, 0.717) is 0 Å². The summed E-state index contributed by atoms with van der Waals surface area (Å²) in [6.07, 6.45) is 6.73. The lowest BCUT2D eigenvalue weighted by Crippen LogP contribution is -2.41. The zero-order valence-electron chi connectivity index (χ0n) is 9.71. The summed E-state index contributed by atoms with van der Waals surface area (Å²) in [4.78, 5) is 2.57. The third-order valence-corrected chi connectivity index (χ3v) is 3.46. The molecule has 0 aromatic rings. The van der Waals surface area contributed by atoms with Gasteiger partial charge in [-0.3, -0.25) is 4.90 Å². The summed E-state index contributed by atoms with van der Waals surface area (Å²) in [7, 11) is 0. The van der Waals surface area contributed by atoms with E-state index in [4.69, 9.17) is 4.74 Å². The molecule has 1 unspecified atom stereocenters. The van der Waals surface area contributed by atoms with Gasteiger partial charge in [0, 0.05) is 32.3 Å². The zero-order chi connectivity index (χ0) is 10.3. The predicted octanol–water partition coefficient (Wildman–Crippen LogP) is 1.24. The Kier molecular flexibility index (Phi) is 4.90. The van der Waals surface area contributed by atoms with Crippen LogP contribution in [-0.2, 0) is 4.74 Å². The van der Waals surface area contributed by atoms with Gasteiger partial charge >= 0.3 is 0 Å². The summed E-state index contributed by atoms with van der Waals surface area (Å²) in [6, 6.07) is 0.727. The number of ether oxygens (including phenoxy) is 1. The largest absolute Gasteiger partial charge is 0.380 e. The van der Waals surface area contributed by atoms with Gasteiger partial charge in [-0.25, -0.2) is 0 Å². The third-order valence-electron chi connectivity index (χ3n) is 3.46. The van der Waals surface area contributed by atoms with Crippen LogP contribution in [0.2, 0.25) is 0 Å². The van der Waals surface area contributed by atoms with Crippen LogP contribution >= 0.6 is 0 Å². The molecule has 0 spiro atoms. The highest BCUT2D eigenvalue weighted by molar-refractivity contribution is 4.75. The van der Waals surface area contributed by atoms with E-state index < -0.39 is 0 Å². The van der Waals surface area contributed by atoms with Crippen molar-refractivity contribution in [1.29, 1.82) is 0 Å². The first kappa shape index (κ1) is 11.4. The second-order valence-corrected chi connectivity index (χ2v) is 4.77. The van der Waals surface area contributed by atoms with Crippen molar-refractivity contribution in [3.8, 4) is 0 Å². The van der Waals surface area contributed by atoms with Gasteiger partial charge in [0.1, 0.15) is 0 Å². The molecule has 2 aliphatic rings. The predicted molar refractivity (Wildman–Crippen MR) is 62.1 cm³/mol. The van der Waals surface area contributed by atoms with Crippen molar-refractivity contribution in [1.82, 2.24) is 10.2 Å². The molecule has 2 heterocycles. The van der Waals surface area contributed by atoms with Crippen LogP contribution in [0.1, 0.15) is 32.1 Å².